The van der Waals surface area contributed by atoms with Gasteiger partial charge in [-0.05, 0) is 44.4 Å². The first kappa shape index (κ1) is 20.6. The molecular formula is C19H30N2O4S. The van der Waals surface area contributed by atoms with Crippen LogP contribution in [-0.2, 0) is 14.8 Å². The molecule has 0 saturated carbocycles. The molecule has 0 aromatic heterocycles. The van der Waals surface area contributed by atoms with Crippen LogP contribution in [0.25, 0.3) is 0 Å². The maximum atomic E-state index is 13.0. The predicted molar refractivity (Wildman–Crippen MR) is 105 cm³/mol. The van der Waals surface area contributed by atoms with Gasteiger partial charge < -0.3 is 9.64 Å². The third-order valence-electron chi connectivity index (χ3n) is 4.25. The molecule has 1 aromatic carbocycles. The Bertz CT molecular complexity index is 757. The van der Waals surface area contributed by atoms with Crippen LogP contribution in [0.5, 0.6) is 5.75 Å². The van der Waals surface area contributed by atoms with Crippen LogP contribution in [-0.4, -0.2) is 33.2 Å². The van der Waals surface area contributed by atoms with Crippen LogP contribution < -0.4 is 14.4 Å². The summed E-state index contributed by atoms with van der Waals surface area (Å²) in [4.78, 5) is 14.7. The van der Waals surface area contributed by atoms with Crippen molar-refractivity contribution in [1.29, 1.82) is 0 Å². The van der Waals surface area contributed by atoms with Gasteiger partial charge in [0.25, 0.3) is 0 Å². The Balaban J connectivity index is 2.39. The summed E-state index contributed by atoms with van der Waals surface area (Å²) in [5, 5.41) is 0. The average molecular weight is 383 g/mol. The number of sulfonamides is 1. The largest absolute Gasteiger partial charge is 0.490 e. The van der Waals surface area contributed by atoms with E-state index in [9.17, 15) is 13.2 Å². The van der Waals surface area contributed by atoms with Crippen LogP contribution in [0.3, 0.4) is 0 Å². The molecule has 0 aliphatic carbocycles. The summed E-state index contributed by atoms with van der Waals surface area (Å²) in [5.74, 6) is 0.932. The highest BCUT2D eigenvalue weighted by atomic mass is 32.2. The van der Waals surface area contributed by atoms with Gasteiger partial charge in [-0.2, -0.15) is 0 Å². The van der Waals surface area contributed by atoms with Crippen molar-refractivity contribution in [2.75, 3.05) is 28.5 Å². The number of amides is 1. The molecule has 1 aliphatic rings. The predicted octanol–water partition coefficient (Wildman–Crippen LogP) is 3.64. The van der Waals surface area contributed by atoms with E-state index in [1.165, 1.54) is 0 Å². The number of rotatable bonds is 7. The van der Waals surface area contributed by atoms with Crippen LogP contribution >= 0.6 is 0 Å². The second-order valence-electron chi connectivity index (χ2n) is 7.94. The summed E-state index contributed by atoms with van der Waals surface area (Å²) in [6.07, 6.45) is 1.42. The third kappa shape index (κ3) is 4.90. The van der Waals surface area contributed by atoms with Gasteiger partial charge in [0.2, 0.25) is 15.9 Å². The summed E-state index contributed by atoms with van der Waals surface area (Å²) in [6, 6.07) is 5.11. The van der Waals surface area contributed by atoms with Crippen molar-refractivity contribution < 1.29 is 17.9 Å². The van der Waals surface area contributed by atoms with Gasteiger partial charge in [-0.15, -0.1) is 0 Å². The summed E-state index contributed by atoms with van der Waals surface area (Å²) < 4.78 is 32.9. The standard InChI is InChI=1S/C19H30N2O4S/c1-6-7-10-26(23,24)20-15-8-9-17-16(11-15)21(12-14(2)3)18(22)19(4,5)13-25-17/h8-9,11,14,20H,6-7,10,12-13H2,1-5H3. The molecule has 1 amide bonds. The molecule has 6 nitrogen and oxygen atoms in total. The number of hydrogen-bond acceptors (Lipinski definition) is 4. The SMILES string of the molecule is CCCCS(=O)(=O)Nc1ccc2c(c1)N(CC(C)C)C(=O)C(C)(C)CO2. The summed E-state index contributed by atoms with van der Waals surface area (Å²) >= 11 is 0. The molecule has 0 fully saturated rings. The lowest BCUT2D eigenvalue weighted by Crippen LogP contribution is -2.43. The highest BCUT2D eigenvalue weighted by Crippen LogP contribution is 2.38. The van der Waals surface area contributed by atoms with Crippen LogP contribution in [0, 0.1) is 11.3 Å². The first-order valence-corrected chi connectivity index (χ1v) is 10.8. The van der Waals surface area contributed by atoms with Crippen LogP contribution in [0.2, 0.25) is 0 Å². The average Bonchev–Trinajstić information content (AvgIpc) is 2.63. The minimum atomic E-state index is -3.40. The van der Waals surface area contributed by atoms with Crippen molar-refractivity contribution in [1.82, 2.24) is 0 Å². The lowest BCUT2D eigenvalue weighted by Gasteiger charge is -2.29. The molecule has 0 radical (unpaired) electrons. The molecule has 2 rings (SSSR count). The summed E-state index contributed by atoms with van der Waals surface area (Å²) in [7, 11) is -3.40. The zero-order valence-electron chi connectivity index (χ0n) is 16.3. The lowest BCUT2D eigenvalue weighted by molar-refractivity contribution is -0.127. The third-order valence-corrected chi connectivity index (χ3v) is 5.62. The fourth-order valence-corrected chi connectivity index (χ4v) is 4.08. The molecule has 0 bridgehead atoms. The minimum Gasteiger partial charge on any atom is -0.490 e. The second-order valence-corrected chi connectivity index (χ2v) is 9.78. The van der Waals surface area contributed by atoms with Gasteiger partial charge in [0.15, 0.2) is 0 Å². The maximum absolute atomic E-state index is 13.0. The number of carbonyl (C=O) groups is 1. The van der Waals surface area contributed by atoms with E-state index in [2.05, 4.69) is 4.72 Å². The minimum absolute atomic E-state index is 0.0176. The monoisotopic (exact) mass is 382 g/mol. The van der Waals surface area contributed by atoms with E-state index < -0.39 is 15.4 Å². The van der Waals surface area contributed by atoms with E-state index in [0.717, 1.165) is 6.42 Å². The molecule has 0 saturated heterocycles. The number of benzene rings is 1. The Morgan fingerprint density at radius 1 is 1.31 bits per heavy atom. The Kier molecular flexibility index (Phi) is 6.21. The number of hydrogen-bond donors (Lipinski definition) is 1. The Morgan fingerprint density at radius 2 is 2.00 bits per heavy atom. The zero-order chi connectivity index (χ0) is 19.5. The number of anilines is 2. The maximum Gasteiger partial charge on any atom is 0.236 e. The van der Waals surface area contributed by atoms with E-state index in [1.54, 1.807) is 23.1 Å². The number of carbonyl (C=O) groups excluding carboxylic acids is 1. The van der Waals surface area contributed by atoms with Gasteiger partial charge in [-0.25, -0.2) is 8.42 Å². The van der Waals surface area contributed by atoms with Crippen molar-refractivity contribution >= 4 is 27.3 Å². The Morgan fingerprint density at radius 3 is 2.62 bits per heavy atom. The fourth-order valence-electron chi connectivity index (χ4n) is 2.82. The van der Waals surface area contributed by atoms with Gasteiger partial charge in [-0.3, -0.25) is 9.52 Å². The highest BCUT2D eigenvalue weighted by Gasteiger charge is 2.38. The van der Waals surface area contributed by atoms with Gasteiger partial charge in [0.05, 0.1) is 22.5 Å². The van der Waals surface area contributed by atoms with Crippen LogP contribution in [0.1, 0.15) is 47.5 Å². The van der Waals surface area contributed by atoms with E-state index >= 15 is 0 Å². The van der Waals surface area contributed by atoms with E-state index in [0.29, 0.717) is 30.1 Å². The molecule has 1 heterocycles. The normalized spacial score (nSPS) is 16.8. The molecule has 146 valence electrons. The van der Waals surface area contributed by atoms with Gasteiger partial charge in [-0.1, -0.05) is 27.2 Å². The first-order chi connectivity index (χ1) is 12.1. The second kappa shape index (κ2) is 7.86. The van der Waals surface area contributed by atoms with E-state index in [4.69, 9.17) is 4.74 Å². The molecule has 0 atom stereocenters. The number of nitrogens with zero attached hydrogens (tertiary/aromatic N) is 1. The smallest absolute Gasteiger partial charge is 0.236 e. The summed E-state index contributed by atoms with van der Waals surface area (Å²) in [5.41, 5.74) is 0.420. The van der Waals surface area contributed by atoms with E-state index in [1.807, 2.05) is 34.6 Å². The van der Waals surface area contributed by atoms with Gasteiger partial charge >= 0.3 is 0 Å². The van der Waals surface area contributed by atoms with E-state index in [-0.39, 0.29) is 24.2 Å². The van der Waals surface area contributed by atoms with Crippen molar-refractivity contribution in [2.24, 2.45) is 11.3 Å². The van der Waals surface area contributed by atoms with Crippen molar-refractivity contribution in [3.05, 3.63) is 18.2 Å². The van der Waals surface area contributed by atoms with Crippen molar-refractivity contribution in [3.63, 3.8) is 0 Å². The molecule has 1 N–H and O–H groups in total. The van der Waals surface area contributed by atoms with Crippen LogP contribution in [0.15, 0.2) is 18.2 Å². The Hall–Kier alpha value is -1.76. The molecule has 0 spiro atoms. The number of nitrogens with one attached hydrogen (secondary N) is 1. The molecule has 1 aliphatic heterocycles. The quantitative estimate of drug-likeness (QED) is 0.781. The molecule has 7 heteroatoms. The van der Waals surface area contributed by atoms with Gasteiger partial charge in [0.1, 0.15) is 12.4 Å². The number of unbranched alkanes of at least 4 members (excludes halogenated alkanes) is 1. The molecule has 1 aromatic rings. The van der Waals surface area contributed by atoms with Crippen molar-refractivity contribution in [2.45, 2.75) is 47.5 Å². The van der Waals surface area contributed by atoms with Gasteiger partial charge in [0, 0.05) is 6.54 Å². The molecule has 26 heavy (non-hydrogen) atoms. The topological polar surface area (TPSA) is 75.7 Å². The molecule has 0 unspecified atom stereocenters. The molecular weight excluding hydrogens is 352 g/mol. The van der Waals surface area contributed by atoms with Crippen LogP contribution in [0.4, 0.5) is 11.4 Å². The van der Waals surface area contributed by atoms with Crippen molar-refractivity contribution in [3.8, 4) is 5.75 Å². The zero-order valence-corrected chi connectivity index (χ0v) is 17.1. The number of fused-ring (bicyclic) bond motifs is 1. The Labute approximate surface area is 157 Å². The lowest BCUT2D eigenvalue weighted by atomic mass is 9.92. The first-order valence-electron chi connectivity index (χ1n) is 9.15. The summed E-state index contributed by atoms with van der Waals surface area (Å²) in [6.45, 7) is 10.6. The highest BCUT2D eigenvalue weighted by molar-refractivity contribution is 7.92. The number of ether oxygens (including phenoxy) is 1. The fraction of sp³-hybridized carbons (Fsp3) is 0.632.